The van der Waals surface area contributed by atoms with E-state index < -0.39 is 11.9 Å². The number of rotatable bonds is 12. The maximum absolute atomic E-state index is 11.8. The van der Waals surface area contributed by atoms with Crippen LogP contribution in [0.15, 0.2) is 48.6 Å². The quantitative estimate of drug-likeness (QED) is 0.218. The third kappa shape index (κ3) is 11.4. The molecule has 0 aromatic heterocycles. The molecular formula is C22H30N4O6. The summed E-state index contributed by atoms with van der Waals surface area (Å²) in [6, 6.07) is 6.57. The Morgan fingerprint density at radius 2 is 1.03 bits per heavy atom. The van der Waals surface area contributed by atoms with Crippen molar-refractivity contribution in [2.45, 2.75) is 26.9 Å². The number of esters is 2. The number of carbonyl (C=O) groups is 4. The molecule has 0 atom stereocenters. The van der Waals surface area contributed by atoms with Gasteiger partial charge in [-0.3, -0.25) is 0 Å². The highest BCUT2D eigenvalue weighted by atomic mass is 16.5. The van der Waals surface area contributed by atoms with E-state index in [0.29, 0.717) is 24.2 Å². The van der Waals surface area contributed by atoms with E-state index in [0.717, 1.165) is 11.1 Å². The lowest BCUT2D eigenvalue weighted by Gasteiger charge is -2.10. The highest BCUT2D eigenvalue weighted by Gasteiger charge is 2.06. The molecule has 0 saturated carbocycles. The molecule has 4 N–H and O–H groups in total. The number of carbonyl (C=O) groups excluding carboxylic acids is 4. The average Bonchev–Trinajstić information content (AvgIpc) is 2.76. The predicted molar refractivity (Wildman–Crippen MR) is 118 cm³/mol. The molecule has 4 amide bonds. The molecule has 0 aliphatic heterocycles. The third-order valence-electron chi connectivity index (χ3n) is 3.87. The minimum absolute atomic E-state index is 0.0635. The molecule has 174 valence electrons. The third-order valence-corrected chi connectivity index (χ3v) is 3.87. The number of amides is 4. The highest BCUT2D eigenvalue weighted by molar-refractivity contribution is 5.87. The van der Waals surface area contributed by atoms with Gasteiger partial charge in [0.15, 0.2) is 0 Å². The second-order valence-electron chi connectivity index (χ2n) is 6.87. The van der Waals surface area contributed by atoms with Crippen LogP contribution in [-0.2, 0) is 32.2 Å². The van der Waals surface area contributed by atoms with Gasteiger partial charge in [-0.15, -0.1) is 0 Å². The molecule has 1 rings (SSSR count). The van der Waals surface area contributed by atoms with Crippen molar-refractivity contribution < 1.29 is 28.7 Å². The number of hydrogen-bond acceptors (Lipinski definition) is 6. The number of nitrogens with one attached hydrogen (secondary N) is 4. The maximum Gasteiger partial charge on any atom is 0.333 e. The molecule has 0 saturated heterocycles. The summed E-state index contributed by atoms with van der Waals surface area (Å²) in [6.45, 7) is 11.2. The number of hydrogen-bond donors (Lipinski definition) is 4. The molecule has 0 radical (unpaired) electrons. The van der Waals surface area contributed by atoms with Crippen LogP contribution in [0.3, 0.4) is 0 Å². The van der Waals surface area contributed by atoms with E-state index in [1.54, 1.807) is 13.8 Å². The van der Waals surface area contributed by atoms with E-state index in [1.807, 2.05) is 24.3 Å². The Morgan fingerprint density at radius 3 is 1.34 bits per heavy atom. The average molecular weight is 447 g/mol. The zero-order valence-electron chi connectivity index (χ0n) is 18.4. The Kier molecular flexibility index (Phi) is 11.7. The van der Waals surface area contributed by atoms with Crippen molar-refractivity contribution in [3.05, 3.63) is 59.7 Å². The van der Waals surface area contributed by atoms with Crippen molar-refractivity contribution in [3.63, 3.8) is 0 Å². The molecule has 10 heteroatoms. The van der Waals surface area contributed by atoms with Gasteiger partial charge in [0.25, 0.3) is 0 Å². The van der Waals surface area contributed by atoms with E-state index in [4.69, 9.17) is 9.47 Å². The van der Waals surface area contributed by atoms with Gasteiger partial charge in [0.05, 0.1) is 13.1 Å². The first-order chi connectivity index (χ1) is 15.2. The summed E-state index contributed by atoms with van der Waals surface area (Å²) in [7, 11) is 0. The zero-order valence-corrected chi connectivity index (χ0v) is 18.4. The molecule has 0 spiro atoms. The van der Waals surface area contributed by atoms with Gasteiger partial charge in [0, 0.05) is 24.2 Å². The number of benzene rings is 1. The fourth-order valence-corrected chi connectivity index (χ4v) is 2.13. The summed E-state index contributed by atoms with van der Waals surface area (Å²) in [5, 5.41) is 10.5. The molecule has 0 aliphatic carbocycles. The molecular weight excluding hydrogens is 416 g/mol. The molecule has 1 aromatic rings. The maximum atomic E-state index is 11.8. The first-order valence-corrected chi connectivity index (χ1v) is 9.95. The van der Waals surface area contributed by atoms with Gasteiger partial charge >= 0.3 is 24.0 Å². The van der Waals surface area contributed by atoms with E-state index in [-0.39, 0.29) is 38.4 Å². The SMILES string of the molecule is C=C(C)C(=O)OCCNC(=O)NCc1ccc(CNC(=O)NCCOC(=O)C(=C)C)cc1. The monoisotopic (exact) mass is 446 g/mol. The van der Waals surface area contributed by atoms with Crippen LogP contribution in [0.25, 0.3) is 0 Å². The van der Waals surface area contributed by atoms with Crippen molar-refractivity contribution in [2.24, 2.45) is 0 Å². The van der Waals surface area contributed by atoms with Gasteiger partial charge in [-0.2, -0.15) is 0 Å². The predicted octanol–water partition coefficient (Wildman–Crippen LogP) is 1.52. The van der Waals surface area contributed by atoms with E-state index >= 15 is 0 Å². The molecule has 0 bridgehead atoms. The van der Waals surface area contributed by atoms with Crippen molar-refractivity contribution >= 4 is 24.0 Å². The zero-order chi connectivity index (χ0) is 23.9. The summed E-state index contributed by atoms with van der Waals surface area (Å²) >= 11 is 0. The highest BCUT2D eigenvalue weighted by Crippen LogP contribution is 2.04. The fourth-order valence-electron chi connectivity index (χ4n) is 2.13. The lowest BCUT2D eigenvalue weighted by Crippen LogP contribution is -2.37. The summed E-state index contributed by atoms with van der Waals surface area (Å²) < 4.78 is 9.75. The van der Waals surface area contributed by atoms with Crippen LogP contribution < -0.4 is 21.3 Å². The summed E-state index contributed by atoms with van der Waals surface area (Å²) in [6.07, 6.45) is 0. The second kappa shape index (κ2) is 14.2. The van der Waals surface area contributed by atoms with E-state index in [1.165, 1.54) is 0 Å². The lowest BCUT2D eigenvalue weighted by atomic mass is 10.1. The van der Waals surface area contributed by atoms with E-state index in [9.17, 15) is 19.2 Å². The topological polar surface area (TPSA) is 135 Å². The molecule has 0 aliphatic rings. The van der Waals surface area contributed by atoms with Crippen LogP contribution >= 0.6 is 0 Å². The van der Waals surface area contributed by atoms with Crippen molar-refractivity contribution in [1.29, 1.82) is 0 Å². The molecule has 32 heavy (non-hydrogen) atoms. The summed E-state index contributed by atoms with van der Waals surface area (Å²) in [5.41, 5.74) is 2.36. The molecule has 10 nitrogen and oxygen atoms in total. The van der Waals surface area contributed by atoms with Crippen molar-refractivity contribution in [3.8, 4) is 0 Å². The molecule has 0 fully saturated rings. The lowest BCUT2D eigenvalue weighted by molar-refractivity contribution is -0.139. The van der Waals surface area contributed by atoms with Gasteiger partial charge in [-0.1, -0.05) is 37.4 Å². The van der Waals surface area contributed by atoms with Crippen LogP contribution in [-0.4, -0.2) is 50.3 Å². The van der Waals surface area contributed by atoms with Crippen molar-refractivity contribution in [2.75, 3.05) is 26.3 Å². The standard InChI is InChI=1S/C22H30N4O6/c1-15(2)19(27)31-11-9-23-21(29)25-13-17-5-7-18(8-6-17)14-26-22(30)24-10-12-32-20(28)16(3)4/h5-8H,1,3,9-14H2,2,4H3,(H2,23,25,29)(H2,24,26,30). The van der Waals surface area contributed by atoms with Crippen LogP contribution in [0.4, 0.5) is 9.59 Å². The van der Waals surface area contributed by atoms with E-state index in [2.05, 4.69) is 34.4 Å². The Morgan fingerprint density at radius 1 is 0.688 bits per heavy atom. The Balaban J connectivity index is 2.20. The first-order valence-electron chi connectivity index (χ1n) is 9.95. The van der Waals surface area contributed by atoms with Gasteiger partial charge in [0.1, 0.15) is 13.2 Å². The minimum atomic E-state index is -0.497. The van der Waals surface area contributed by atoms with Crippen LogP contribution in [0.5, 0.6) is 0 Å². The number of urea groups is 2. The first kappa shape index (κ1) is 26.2. The van der Waals surface area contributed by atoms with Crippen LogP contribution in [0.2, 0.25) is 0 Å². The number of ether oxygens (including phenoxy) is 2. The van der Waals surface area contributed by atoms with Crippen LogP contribution in [0.1, 0.15) is 25.0 Å². The molecule has 0 unspecified atom stereocenters. The summed E-state index contributed by atoms with van der Waals surface area (Å²) in [4.78, 5) is 45.9. The van der Waals surface area contributed by atoms with Gasteiger partial charge in [-0.05, 0) is 25.0 Å². The van der Waals surface area contributed by atoms with Crippen LogP contribution in [0, 0.1) is 0 Å². The smallest absolute Gasteiger partial charge is 0.333 e. The normalized spacial score (nSPS) is 9.81. The largest absolute Gasteiger partial charge is 0.460 e. The summed E-state index contributed by atoms with van der Waals surface area (Å²) in [5.74, 6) is -0.994. The van der Waals surface area contributed by atoms with Gasteiger partial charge in [-0.25, -0.2) is 19.2 Å². The Bertz CT molecular complexity index is 766. The Labute approximate surface area is 187 Å². The molecule has 1 aromatic carbocycles. The fraction of sp³-hybridized carbons (Fsp3) is 0.364. The van der Waals surface area contributed by atoms with Gasteiger partial charge < -0.3 is 30.7 Å². The van der Waals surface area contributed by atoms with Crippen molar-refractivity contribution in [1.82, 2.24) is 21.3 Å². The van der Waals surface area contributed by atoms with Gasteiger partial charge in [0.2, 0.25) is 0 Å². The minimum Gasteiger partial charge on any atom is -0.460 e. The second-order valence-corrected chi connectivity index (χ2v) is 6.87. The molecule has 0 heterocycles. The Hall–Kier alpha value is -3.82.